The standard InChI is InChI=1S/C10H8N2O/c1-7-4-8(2-3-11)9(6-12)5-10(7)13/h4-5,13H,2H2,1H3. The highest BCUT2D eigenvalue weighted by Gasteiger charge is 2.05. The average Bonchev–Trinajstić information content (AvgIpc) is 2.11. The van der Waals surface area contributed by atoms with Crippen molar-refractivity contribution < 1.29 is 5.11 Å². The van der Waals surface area contributed by atoms with Crippen LogP contribution in [0.4, 0.5) is 0 Å². The topological polar surface area (TPSA) is 67.8 Å². The molecular weight excluding hydrogens is 164 g/mol. The molecule has 0 unspecified atom stereocenters. The maximum Gasteiger partial charge on any atom is 0.119 e. The summed E-state index contributed by atoms with van der Waals surface area (Å²) in [5.41, 5.74) is 1.72. The second kappa shape index (κ2) is 3.60. The van der Waals surface area contributed by atoms with E-state index in [-0.39, 0.29) is 12.2 Å². The minimum Gasteiger partial charge on any atom is -0.508 e. The zero-order chi connectivity index (χ0) is 9.84. The van der Waals surface area contributed by atoms with E-state index < -0.39 is 0 Å². The summed E-state index contributed by atoms with van der Waals surface area (Å²) >= 11 is 0. The first-order valence-electron chi connectivity index (χ1n) is 3.78. The lowest BCUT2D eigenvalue weighted by Crippen LogP contribution is -1.90. The number of hydrogen-bond acceptors (Lipinski definition) is 3. The lowest BCUT2D eigenvalue weighted by atomic mass is 10.0. The molecule has 0 radical (unpaired) electrons. The van der Waals surface area contributed by atoms with Gasteiger partial charge in [0.2, 0.25) is 0 Å². The van der Waals surface area contributed by atoms with Gasteiger partial charge in [-0.1, -0.05) is 6.07 Å². The van der Waals surface area contributed by atoms with Crippen LogP contribution in [0.3, 0.4) is 0 Å². The second-order valence-corrected chi connectivity index (χ2v) is 2.74. The molecule has 0 aromatic heterocycles. The first kappa shape index (κ1) is 9.09. The zero-order valence-corrected chi connectivity index (χ0v) is 7.20. The van der Waals surface area contributed by atoms with E-state index >= 15 is 0 Å². The van der Waals surface area contributed by atoms with Gasteiger partial charge in [-0.15, -0.1) is 0 Å². The summed E-state index contributed by atoms with van der Waals surface area (Å²) in [6.07, 6.45) is 0.198. The van der Waals surface area contributed by atoms with Crippen molar-refractivity contribution in [1.82, 2.24) is 0 Å². The Balaban J connectivity index is 3.28. The van der Waals surface area contributed by atoms with Gasteiger partial charge >= 0.3 is 0 Å². The fourth-order valence-corrected chi connectivity index (χ4v) is 1.09. The van der Waals surface area contributed by atoms with Crippen LogP contribution in [0.2, 0.25) is 0 Å². The van der Waals surface area contributed by atoms with Crippen LogP contribution >= 0.6 is 0 Å². The van der Waals surface area contributed by atoms with Crippen molar-refractivity contribution in [3.8, 4) is 17.9 Å². The molecule has 0 atom stereocenters. The normalized spacial score (nSPS) is 8.85. The molecule has 13 heavy (non-hydrogen) atoms. The van der Waals surface area contributed by atoms with Crippen LogP contribution in [0.5, 0.6) is 5.75 Å². The molecular formula is C10H8N2O. The van der Waals surface area contributed by atoms with Crippen LogP contribution in [0.25, 0.3) is 0 Å². The number of phenolic OH excluding ortho intramolecular Hbond substituents is 1. The highest BCUT2D eigenvalue weighted by atomic mass is 16.3. The summed E-state index contributed by atoms with van der Waals surface area (Å²) in [4.78, 5) is 0. The summed E-state index contributed by atoms with van der Waals surface area (Å²) < 4.78 is 0. The van der Waals surface area contributed by atoms with Crippen LogP contribution in [-0.4, -0.2) is 5.11 Å². The van der Waals surface area contributed by atoms with E-state index in [4.69, 9.17) is 10.5 Å². The van der Waals surface area contributed by atoms with Gasteiger partial charge in [0.05, 0.1) is 24.1 Å². The molecule has 0 fully saturated rings. The van der Waals surface area contributed by atoms with Crippen LogP contribution in [0.15, 0.2) is 12.1 Å². The molecule has 1 rings (SSSR count). The molecule has 1 N–H and O–H groups in total. The number of aryl methyl sites for hydroxylation is 1. The summed E-state index contributed by atoms with van der Waals surface area (Å²) in [5.74, 6) is 0.0956. The Bertz CT molecular complexity index is 410. The number of hydrogen-bond donors (Lipinski definition) is 1. The molecule has 0 saturated heterocycles. The monoisotopic (exact) mass is 172 g/mol. The van der Waals surface area contributed by atoms with E-state index in [9.17, 15) is 5.11 Å². The van der Waals surface area contributed by atoms with Crippen molar-refractivity contribution >= 4 is 0 Å². The van der Waals surface area contributed by atoms with Gasteiger partial charge in [-0.25, -0.2) is 0 Å². The zero-order valence-electron chi connectivity index (χ0n) is 7.20. The Morgan fingerprint density at radius 3 is 2.62 bits per heavy atom. The molecule has 0 aliphatic rings. The molecule has 0 saturated carbocycles. The van der Waals surface area contributed by atoms with Gasteiger partial charge in [0.25, 0.3) is 0 Å². The quantitative estimate of drug-likeness (QED) is 0.700. The Morgan fingerprint density at radius 1 is 1.38 bits per heavy atom. The number of nitrogens with zero attached hydrogens (tertiary/aromatic N) is 2. The van der Waals surface area contributed by atoms with E-state index in [0.29, 0.717) is 16.7 Å². The lowest BCUT2D eigenvalue weighted by molar-refractivity contribution is 0.470. The van der Waals surface area contributed by atoms with Crippen molar-refractivity contribution in [2.45, 2.75) is 13.3 Å². The number of aromatic hydroxyl groups is 1. The van der Waals surface area contributed by atoms with Gasteiger partial charge in [-0.05, 0) is 24.1 Å². The van der Waals surface area contributed by atoms with Crippen LogP contribution in [0, 0.1) is 29.6 Å². The van der Waals surface area contributed by atoms with E-state index in [1.54, 1.807) is 13.0 Å². The molecule has 64 valence electrons. The third-order valence-electron chi connectivity index (χ3n) is 1.81. The van der Waals surface area contributed by atoms with Crippen molar-refractivity contribution in [3.63, 3.8) is 0 Å². The predicted octanol–water partition coefficient (Wildman–Crippen LogP) is 1.64. The fraction of sp³-hybridized carbons (Fsp3) is 0.200. The lowest BCUT2D eigenvalue weighted by Gasteiger charge is -2.03. The Hall–Kier alpha value is -2.00. The summed E-state index contributed by atoms with van der Waals surface area (Å²) in [5, 5.41) is 26.5. The molecule has 1 aromatic rings. The van der Waals surface area contributed by atoms with Crippen LogP contribution in [0.1, 0.15) is 16.7 Å². The smallest absolute Gasteiger partial charge is 0.119 e. The Labute approximate surface area is 76.5 Å². The summed E-state index contributed by atoms with van der Waals surface area (Å²) in [6.45, 7) is 1.73. The first-order valence-corrected chi connectivity index (χ1v) is 3.78. The van der Waals surface area contributed by atoms with Crippen LogP contribution < -0.4 is 0 Å². The fourth-order valence-electron chi connectivity index (χ4n) is 1.09. The highest BCUT2D eigenvalue weighted by molar-refractivity contribution is 5.47. The molecule has 0 amide bonds. The van der Waals surface area contributed by atoms with E-state index in [1.807, 2.05) is 12.1 Å². The van der Waals surface area contributed by atoms with Crippen LogP contribution in [-0.2, 0) is 6.42 Å². The SMILES string of the molecule is Cc1cc(CC#N)c(C#N)cc1O. The molecule has 0 bridgehead atoms. The molecule has 0 aliphatic carbocycles. The molecule has 3 nitrogen and oxygen atoms in total. The average molecular weight is 172 g/mol. The predicted molar refractivity (Wildman–Crippen MR) is 46.9 cm³/mol. The molecule has 3 heteroatoms. The Morgan fingerprint density at radius 2 is 2.08 bits per heavy atom. The summed E-state index contributed by atoms with van der Waals surface area (Å²) in [6, 6.07) is 6.96. The van der Waals surface area contributed by atoms with Gasteiger partial charge in [0.1, 0.15) is 5.75 Å². The number of rotatable bonds is 1. The van der Waals surface area contributed by atoms with Gasteiger partial charge < -0.3 is 5.11 Å². The molecule has 0 spiro atoms. The van der Waals surface area contributed by atoms with Gasteiger partial charge in [0, 0.05) is 0 Å². The van der Waals surface area contributed by atoms with Gasteiger partial charge in [0.15, 0.2) is 0 Å². The van der Waals surface area contributed by atoms with Gasteiger partial charge in [-0.3, -0.25) is 0 Å². The number of phenols is 1. The minimum atomic E-state index is 0.0956. The third kappa shape index (κ3) is 1.77. The maximum absolute atomic E-state index is 9.29. The molecule has 1 aromatic carbocycles. The van der Waals surface area contributed by atoms with Crippen molar-refractivity contribution in [3.05, 3.63) is 28.8 Å². The van der Waals surface area contributed by atoms with Gasteiger partial charge in [-0.2, -0.15) is 10.5 Å². The third-order valence-corrected chi connectivity index (χ3v) is 1.81. The second-order valence-electron chi connectivity index (χ2n) is 2.74. The Kier molecular flexibility index (Phi) is 2.52. The van der Waals surface area contributed by atoms with E-state index in [1.165, 1.54) is 6.07 Å². The maximum atomic E-state index is 9.29. The molecule has 0 heterocycles. The number of benzene rings is 1. The summed E-state index contributed by atoms with van der Waals surface area (Å²) in [7, 11) is 0. The van der Waals surface area contributed by atoms with Crippen molar-refractivity contribution in [1.29, 1.82) is 10.5 Å². The van der Waals surface area contributed by atoms with E-state index in [2.05, 4.69) is 0 Å². The minimum absolute atomic E-state index is 0.0956. The molecule has 0 aliphatic heterocycles. The first-order chi connectivity index (χ1) is 6.19. The largest absolute Gasteiger partial charge is 0.508 e. The number of nitriles is 2. The van der Waals surface area contributed by atoms with Crippen molar-refractivity contribution in [2.24, 2.45) is 0 Å². The van der Waals surface area contributed by atoms with Crippen molar-refractivity contribution in [2.75, 3.05) is 0 Å². The highest BCUT2D eigenvalue weighted by Crippen LogP contribution is 2.21. The van der Waals surface area contributed by atoms with E-state index in [0.717, 1.165) is 0 Å².